The Bertz CT molecular complexity index is 811. The summed E-state index contributed by atoms with van der Waals surface area (Å²) in [6.07, 6.45) is 0.789. The smallest absolute Gasteiger partial charge is 0.344 e. The number of rotatable bonds is 5. The highest BCUT2D eigenvalue weighted by Gasteiger charge is 2.24. The molecule has 0 saturated heterocycles. The minimum atomic E-state index is -0.669. The normalized spacial score (nSPS) is 12.6. The van der Waals surface area contributed by atoms with E-state index in [1.165, 1.54) is 18.2 Å². The molecule has 0 radical (unpaired) electrons. The number of para-hydroxylation sites is 1. The lowest BCUT2D eigenvalue weighted by atomic mass is 10.2. The van der Waals surface area contributed by atoms with E-state index in [9.17, 15) is 14.0 Å². The van der Waals surface area contributed by atoms with Crippen LogP contribution in [0.25, 0.3) is 0 Å². The van der Waals surface area contributed by atoms with E-state index >= 15 is 0 Å². The minimum absolute atomic E-state index is 0.277. The summed E-state index contributed by atoms with van der Waals surface area (Å²) < 4.78 is 23.6. The number of hydrogen-bond acceptors (Lipinski definition) is 4. The third-order valence-electron chi connectivity index (χ3n) is 3.78. The quantitative estimate of drug-likeness (QED) is 0.714. The predicted molar refractivity (Wildman–Crippen MR) is 93.1 cm³/mol. The number of halogens is 2. The number of carbonyl (C=O) groups excluding carboxylic acids is 2. The molecule has 0 unspecified atom stereocenters. The Kier molecular flexibility index (Phi) is 5.33. The number of esters is 1. The molecule has 2 aromatic rings. The van der Waals surface area contributed by atoms with Crippen molar-refractivity contribution in [1.82, 2.24) is 0 Å². The molecule has 0 atom stereocenters. The Hall–Kier alpha value is -2.41. The van der Waals surface area contributed by atoms with Gasteiger partial charge in [0.05, 0.1) is 4.47 Å². The van der Waals surface area contributed by atoms with Crippen molar-refractivity contribution in [2.24, 2.45) is 0 Å². The molecule has 1 aliphatic heterocycles. The standard InChI is InChI=1S/C18H15BrFNO4/c19-14-9-13(20)5-6-16(14)24-11-18(23)25-10-17(22)21-8-7-12-3-1-2-4-15(12)21/h1-6,9H,7-8,10-11H2. The number of hydrogen-bond donors (Lipinski definition) is 0. The van der Waals surface area contributed by atoms with Crippen molar-refractivity contribution in [3.63, 3.8) is 0 Å². The summed E-state index contributed by atoms with van der Waals surface area (Å²) in [6.45, 7) is -0.135. The predicted octanol–water partition coefficient (Wildman–Crippen LogP) is 3.10. The van der Waals surface area contributed by atoms with Crippen molar-refractivity contribution in [1.29, 1.82) is 0 Å². The third kappa shape index (κ3) is 4.17. The molecule has 0 aromatic heterocycles. The molecule has 130 valence electrons. The van der Waals surface area contributed by atoms with E-state index in [1.807, 2.05) is 24.3 Å². The Balaban J connectivity index is 1.48. The van der Waals surface area contributed by atoms with Crippen LogP contribution >= 0.6 is 15.9 Å². The Morgan fingerprint density at radius 3 is 2.76 bits per heavy atom. The van der Waals surface area contributed by atoms with Crippen LogP contribution in [0.3, 0.4) is 0 Å². The van der Waals surface area contributed by atoms with Crippen LogP contribution in [0.15, 0.2) is 46.9 Å². The Morgan fingerprint density at radius 2 is 1.96 bits per heavy atom. The van der Waals surface area contributed by atoms with Crippen LogP contribution in [0.1, 0.15) is 5.56 Å². The summed E-state index contributed by atoms with van der Waals surface area (Å²) >= 11 is 3.14. The number of benzene rings is 2. The number of fused-ring (bicyclic) bond motifs is 1. The number of carbonyl (C=O) groups is 2. The minimum Gasteiger partial charge on any atom is -0.481 e. The van der Waals surface area contributed by atoms with Crippen LogP contribution in [0.2, 0.25) is 0 Å². The van der Waals surface area contributed by atoms with Gasteiger partial charge >= 0.3 is 5.97 Å². The number of anilines is 1. The van der Waals surface area contributed by atoms with E-state index in [0.29, 0.717) is 16.8 Å². The van der Waals surface area contributed by atoms with Gasteiger partial charge in [-0.2, -0.15) is 0 Å². The highest BCUT2D eigenvalue weighted by molar-refractivity contribution is 9.10. The maximum atomic E-state index is 13.0. The second-order valence-corrected chi connectivity index (χ2v) is 6.30. The van der Waals surface area contributed by atoms with Gasteiger partial charge in [-0.3, -0.25) is 4.79 Å². The zero-order valence-corrected chi connectivity index (χ0v) is 14.8. The molecule has 5 nitrogen and oxygen atoms in total. The molecular formula is C18H15BrFNO4. The molecule has 0 saturated carbocycles. The fraction of sp³-hybridized carbons (Fsp3) is 0.222. The van der Waals surface area contributed by atoms with Gasteiger partial charge in [-0.1, -0.05) is 18.2 Å². The number of nitrogens with zero attached hydrogens (tertiary/aromatic N) is 1. The largest absolute Gasteiger partial charge is 0.481 e. The highest BCUT2D eigenvalue weighted by Crippen LogP contribution is 2.27. The first kappa shape index (κ1) is 17.4. The topological polar surface area (TPSA) is 55.8 Å². The first-order valence-corrected chi connectivity index (χ1v) is 8.45. The summed E-state index contributed by atoms with van der Waals surface area (Å²) in [5.41, 5.74) is 1.96. The second-order valence-electron chi connectivity index (χ2n) is 5.45. The lowest BCUT2D eigenvalue weighted by molar-refractivity contribution is -0.149. The van der Waals surface area contributed by atoms with Crippen molar-refractivity contribution in [3.8, 4) is 5.75 Å². The zero-order chi connectivity index (χ0) is 17.8. The van der Waals surface area contributed by atoms with Gasteiger partial charge in [-0.25, -0.2) is 9.18 Å². The Morgan fingerprint density at radius 1 is 1.16 bits per heavy atom. The van der Waals surface area contributed by atoms with E-state index in [1.54, 1.807) is 4.90 Å². The molecule has 0 bridgehead atoms. The van der Waals surface area contributed by atoms with Crippen LogP contribution in [-0.4, -0.2) is 31.6 Å². The molecule has 1 amide bonds. The van der Waals surface area contributed by atoms with Crippen LogP contribution in [0.5, 0.6) is 5.75 Å². The van der Waals surface area contributed by atoms with Crippen LogP contribution < -0.4 is 9.64 Å². The molecule has 0 aliphatic carbocycles. The molecule has 2 aromatic carbocycles. The molecule has 3 rings (SSSR count). The summed E-state index contributed by atoms with van der Waals surface area (Å²) in [7, 11) is 0. The van der Waals surface area contributed by atoms with Crippen molar-refractivity contribution in [2.45, 2.75) is 6.42 Å². The van der Waals surface area contributed by atoms with Crippen molar-refractivity contribution in [2.75, 3.05) is 24.7 Å². The van der Waals surface area contributed by atoms with Gasteiger partial charge in [0.2, 0.25) is 0 Å². The second kappa shape index (κ2) is 7.65. The number of ether oxygens (including phenoxy) is 2. The lowest BCUT2D eigenvalue weighted by Gasteiger charge is -2.17. The van der Waals surface area contributed by atoms with E-state index in [-0.39, 0.29) is 19.1 Å². The molecule has 0 N–H and O–H groups in total. The average Bonchev–Trinajstić information content (AvgIpc) is 3.03. The maximum Gasteiger partial charge on any atom is 0.344 e. The first-order valence-electron chi connectivity index (χ1n) is 7.66. The van der Waals surface area contributed by atoms with Crippen LogP contribution in [0, 0.1) is 5.82 Å². The van der Waals surface area contributed by atoms with Gasteiger partial charge in [0.15, 0.2) is 13.2 Å². The molecule has 7 heteroatoms. The lowest BCUT2D eigenvalue weighted by Crippen LogP contribution is -2.33. The molecule has 1 heterocycles. The van der Waals surface area contributed by atoms with Gasteiger partial charge < -0.3 is 14.4 Å². The first-order chi connectivity index (χ1) is 12.0. The van der Waals surface area contributed by atoms with Gasteiger partial charge in [-0.05, 0) is 52.2 Å². The van der Waals surface area contributed by atoms with Crippen molar-refractivity contribution >= 4 is 33.5 Å². The maximum absolute atomic E-state index is 13.0. The number of amides is 1. The summed E-state index contributed by atoms with van der Waals surface area (Å²) in [5, 5.41) is 0. The van der Waals surface area contributed by atoms with Gasteiger partial charge in [-0.15, -0.1) is 0 Å². The molecule has 0 fully saturated rings. The summed E-state index contributed by atoms with van der Waals surface area (Å²) in [4.78, 5) is 25.6. The van der Waals surface area contributed by atoms with Crippen molar-refractivity contribution < 1.29 is 23.5 Å². The van der Waals surface area contributed by atoms with E-state index in [0.717, 1.165) is 17.7 Å². The van der Waals surface area contributed by atoms with E-state index in [4.69, 9.17) is 9.47 Å². The fourth-order valence-electron chi connectivity index (χ4n) is 2.59. The fourth-order valence-corrected chi connectivity index (χ4v) is 3.05. The molecular weight excluding hydrogens is 393 g/mol. The molecule has 0 spiro atoms. The van der Waals surface area contributed by atoms with Crippen LogP contribution in [-0.2, 0) is 20.7 Å². The SMILES string of the molecule is O=C(COc1ccc(F)cc1Br)OCC(=O)N1CCc2ccccc21. The summed E-state index contributed by atoms with van der Waals surface area (Å²) in [5.74, 6) is -1.05. The average molecular weight is 408 g/mol. The molecule has 25 heavy (non-hydrogen) atoms. The monoisotopic (exact) mass is 407 g/mol. The molecule has 1 aliphatic rings. The van der Waals surface area contributed by atoms with E-state index in [2.05, 4.69) is 15.9 Å². The third-order valence-corrected chi connectivity index (χ3v) is 4.40. The zero-order valence-electron chi connectivity index (χ0n) is 13.2. The van der Waals surface area contributed by atoms with Gasteiger partial charge in [0, 0.05) is 12.2 Å². The summed E-state index contributed by atoms with van der Waals surface area (Å²) in [6, 6.07) is 11.5. The van der Waals surface area contributed by atoms with E-state index < -0.39 is 11.8 Å². The van der Waals surface area contributed by atoms with Crippen molar-refractivity contribution in [3.05, 3.63) is 58.3 Å². The van der Waals surface area contributed by atoms with Crippen LogP contribution in [0.4, 0.5) is 10.1 Å². The van der Waals surface area contributed by atoms with Gasteiger partial charge in [0.25, 0.3) is 5.91 Å². The Labute approximate surface area is 152 Å². The van der Waals surface area contributed by atoms with Gasteiger partial charge in [0.1, 0.15) is 11.6 Å². The highest BCUT2D eigenvalue weighted by atomic mass is 79.9.